The monoisotopic (exact) mass is 486 g/mol. The van der Waals surface area contributed by atoms with E-state index in [0.717, 1.165) is 17.2 Å². The van der Waals surface area contributed by atoms with Gasteiger partial charge in [0.15, 0.2) is 5.60 Å². The summed E-state index contributed by atoms with van der Waals surface area (Å²) >= 11 is 0. The van der Waals surface area contributed by atoms with Crippen LogP contribution in [0.1, 0.15) is 30.5 Å². The van der Waals surface area contributed by atoms with Crippen molar-refractivity contribution in [1.82, 2.24) is 0 Å². The number of aryl methyl sites for hydroxylation is 1. The summed E-state index contributed by atoms with van der Waals surface area (Å²) in [5, 5.41) is 17.0. The summed E-state index contributed by atoms with van der Waals surface area (Å²) in [7, 11) is 0. The number of halogens is 3. The molecule has 35 heavy (non-hydrogen) atoms. The number of carboxylic acid groups (broad SMARTS) is 1. The smallest absolute Gasteiger partial charge is 0.420 e. The molecule has 9 heteroatoms. The zero-order valence-electron chi connectivity index (χ0n) is 19.5. The van der Waals surface area contributed by atoms with Crippen molar-refractivity contribution in [2.75, 3.05) is 6.61 Å². The van der Waals surface area contributed by atoms with Gasteiger partial charge in [-0.05, 0) is 68.8 Å². The Labute approximate surface area is 201 Å². The van der Waals surface area contributed by atoms with E-state index >= 15 is 0 Å². The summed E-state index contributed by atoms with van der Waals surface area (Å²) in [4.78, 5) is 11.2. The van der Waals surface area contributed by atoms with Gasteiger partial charge in [0.25, 0.3) is 0 Å². The number of benzene rings is 3. The standard InChI is InChI=1S/C26H25F3N2O4/c1-17-4-8-19(9-5-17)30-31-20-10-13-23(22(16-20)26(27,28)29)34-15-14-18-6-11-21(12-7-18)35-25(2,3)24(32)33/h4-13,16H,14-15H2,1-3H3,(H,32,33). The van der Waals surface area contributed by atoms with E-state index in [2.05, 4.69) is 10.2 Å². The molecule has 0 unspecified atom stereocenters. The fourth-order valence-electron chi connectivity index (χ4n) is 3.00. The summed E-state index contributed by atoms with van der Waals surface area (Å²) < 4.78 is 51.7. The molecule has 0 fully saturated rings. The number of carbonyl (C=O) groups is 1. The highest BCUT2D eigenvalue weighted by Gasteiger charge is 2.35. The molecule has 0 spiro atoms. The maximum atomic E-state index is 13.6. The number of aliphatic carboxylic acids is 1. The van der Waals surface area contributed by atoms with E-state index in [1.807, 2.05) is 19.1 Å². The second-order valence-electron chi connectivity index (χ2n) is 8.37. The van der Waals surface area contributed by atoms with Crippen LogP contribution in [0.15, 0.2) is 77.0 Å². The molecule has 0 bridgehead atoms. The highest BCUT2D eigenvalue weighted by molar-refractivity contribution is 5.76. The third-order valence-corrected chi connectivity index (χ3v) is 5.04. The Hall–Kier alpha value is -3.88. The lowest BCUT2D eigenvalue weighted by Gasteiger charge is -2.21. The molecule has 1 N–H and O–H groups in total. The van der Waals surface area contributed by atoms with Crippen LogP contribution in [0.3, 0.4) is 0 Å². The molecule has 0 amide bonds. The lowest BCUT2D eigenvalue weighted by Crippen LogP contribution is -2.37. The molecule has 0 aromatic heterocycles. The van der Waals surface area contributed by atoms with Crippen LogP contribution in [0.5, 0.6) is 11.5 Å². The molecule has 3 aromatic rings. The number of ether oxygens (including phenoxy) is 2. The summed E-state index contributed by atoms with van der Waals surface area (Å²) in [5.41, 5.74) is 0.110. The molecule has 0 heterocycles. The molecule has 0 aliphatic carbocycles. The van der Waals surface area contributed by atoms with E-state index in [-0.39, 0.29) is 18.0 Å². The van der Waals surface area contributed by atoms with E-state index in [1.165, 1.54) is 26.0 Å². The molecular weight excluding hydrogens is 461 g/mol. The summed E-state index contributed by atoms with van der Waals surface area (Å²) in [6.07, 6.45) is -4.28. The predicted octanol–water partition coefficient (Wildman–Crippen LogP) is 7.29. The van der Waals surface area contributed by atoms with Crippen LogP contribution in [0.2, 0.25) is 0 Å². The number of rotatable bonds is 9. The minimum atomic E-state index is -4.62. The summed E-state index contributed by atoms with van der Waals surface area (Å²) in [5.74, 6) is -1.02. The lowest BCUT2D eigenvalue weighted by atomic mass is 10.1. The first-order valence-corrected chi connectivity index (χ1v) is 10.8. The molecule has 0 atom stereocenters. The van der Waals surface area contributed by atoms with Crippen LogP contribution in [0.4, 0.5) is 24.5 Å². The fraction of sp³-hybridized carbons (Fsp3) is 0.269. The fourth-order valence-corrected chi connectivity index (χ4v) is 3.00. The van der Waals surface area contributed by atoms with Gasteiger partial charge in [0.2, 0.25) is 0 Å². The molecule has 0 saturated carbocycles. The van der Waals surface area contributed by atoms with E-state index < -0.39 is 23.3 Å². The quantitative estimate of drug-likeness (QED) is 0.322. The van der Waals surface area contributed by atoms with E-state index in [0.29, 0.717) is 17.9 Å². The summed E-state index contributed by atoms with van der Waals surface area (Å²) in [6, 6.07) is 17.3. The topological polar surface area (TPSA) is 80.5 Å². The van der Waals surface area contributed by atoms with Gasteiger partial charge in [-0.2, -0.15) is 23.4 Å². The van der Waals surface area contributed by atoms with Crippen LogP contribution in [-0.4, -0.2) is 23.3 Å². The van der Waals surface area contributed by atoms with E-state index in [4.69, 9.17) is 14.6 Å². The first-order chi connectivity index (χ1) is 16.4. The Balaban J connectivity index is 1.65. The maximum Gasteiger partial charge on any atom is 0.420 e. The molecule has 0 saturated heterocycles. The van der Waals surface area contributed by atoms with Crippen LogP contribution in [-0.2, 0) is 17.4 Å². The van der Waals surface area contributed by atoms with Crippen molar-refractivity contribution in [1.29, 1.82) is 0 Å². The number of hydrogen-bond acceptors (Lipinski definition) is 5. The minimum absolute atomic E-state index is 0.00807. The van der Waals surface area contributed by atoms with Crippen molar-refractivity contribution < 1.29 is 32.5 Å². The van der Waals surface area contributed by atoms with Crippen molar-refractivity contribution in [2.45, 2.75) is 39.0 Å². The number of hydrogen-bond donors (Lipinski definition) is 1. The zero-order valence-corrected chi connectivity index (χ0v) is 19.5. The number of nitrogens with zero attached hydrogens (tertiary/aromatic N) is 2. The molecule has 184 valence electrons. The van der Waals surface area contributed by atoms with Crippen LogP contribution in [0, 0.1) is 6.92 Å². The normalized spacial score (nSPS) is 12.1. The molecule has 0 aliphatic rings. The van der Waals surface area contributed by atoms with Gasteiger partial charge in [-0.25, -0.2) is 4.79 Å². The maximum absolute atomic E-state index is 13.6. The van der Waals surface area contributed by atoms with Crippen molar-refractivity contribution in [2.24, 2.45) is 10.2 Å². The Bertz CT molecular complexity index is 1190. The molecule has 3 rings (SSSR count). The summed E-state index contributed by atoms with van der Waals surface area (Å²) in [6.45, 7) is 4.80. The molecule has 6 nitrogen and oxygen atoms in total. The Kier molecular flexibility index (Phi) is 7.78. The Morgan fingerprint density at radius 2 is 1.51 bits per heavy atom. The largest absolute Gasteiger partial charge is 0.493 e. The van der Waals surface area contributed by atoms with Crippen LogP contribution in [0.25, 0.3) is 0 Å². The second-order valence-corrected chi connectivity index (χ2v) is 8.37. The SMILES string of the molecule is Cc1ccc(N=Nc2ccc(OCCc3ccc(OC(C)(C)C(=O)O)cc3)c(C(F)(F)F)c2)cc1. The van der Waals surface area contributed by atoms with Gasteiger partial charge < -0.3 is 14.6 Å². The van der Waals surface area contributed by atoms with Gasteiger partial charge in [-0.15, -0.1) is 0 Å². The van der Waals surface area contributed by atoms with Gasteiger partial charge >= 0.3 is 12.1 Å². The van der Waals surface area contributed by atoms with E-state index in [1.54, 1.807) is 36.4 Å². The Morgan fingerprint density at radius 1 is 0.914 bits per heavy atom. The lowest BCUT2D eigenvalue weighted by molar-refractivity contribution is -0.152. The Morgan fingerprint density at radius 3 is 2.11 bits per heavy atom. The van der Waals surface area contributed by atoms with Crippen molar-refractivity contribution >= 4 is 17.3 Å². The predicted molar refractivity (Wildman–Crippen MR) is 125 cm³/mol. The van der Waals surface area contributed by atoms with Crippen LogP contribution >= 0.6 is 0 Å². The number of azo groups is 1. The molecular formula is C26H25F3N2O4. The van der Waals surface area contributed by atoms with Gasteiger partial charge in [0, 0.05) is 6.42 Å². The third kappa shape index (κ3) is 7.30. The van der Waals surface area contributed by atoms with E-state index in [9.17, 15) is 18.0 Å². The van der Waals surface area contributed by atoms with Crippen molar-refractivity contribution in [3.05, 3.63) is 83.4 Å². The highest BCUT2D eigenvalue weighted by Crippen LogP contribution is 2.39. The third-order valence-electron chi connectivity index (χ3n) is 5.04. The van der Waals surface area contributed by atoms with Crippen molar-refractivity contribution in [3.8, 4) is 11.5 Å². The molecule has 0 radical (unpaired) electrons. The van der Waals surface area contributed by atoms with Gasteiger partial charge in [0.1, 0.15) is 11.5 Å². The second kappa shape index (κ2) is 10.6. The zero-order chi connectivity index (χ0) is 25.6. The van der Waals surface area contributed by atoms with Gasteiger partial charge in [-0.1, -0.05) is 29.8 Å². The average Bonchev–Trinajstić information content (AvgIpc) is 2.79. The van der Waals surface area contributed by atoms with Crippen molar-refractivity contribution in [3.63, 3.8) is 0 Å². The average molecular weight is 486 g/mol. The van der Waals surface area contributed by atoms with Gasteiger partial charge in [0.05, 0.1) is 23.5 Å². The molecule has 3 aromatic carbocycles. The first-order valence-electron chi connectivity index (χ1n) is 10.8. The van der Waals surface area contributed by atoms with Crippen LogP contribution < -0.4 is 9.47 Å². The first kappa shape index (κ1) is 25.7. The minimum Gasteiger partial charge on any atom is -0.493 e. The van der Waals surface area contributed by atoms with Gasteiger partial charge in [-0.3, -0.25) is 0 Å². The highest BCUT2D eigenvalue weighted by atomic mass is 19.4. The molecule has 0 aliphatic heterocycles. The number of carboxylic acids is 1. The number of alkyl halides is 3.